The van der Waals surface area contributed by atoms with Crippen LogP contribution < -0.4 is 5.32 Å². The third-order valence-corrected chi connectivity index (χ3v) is 7.30. The van der Waals surface area contributed by atoms with E-state index in [9.17, 15) is 18.0 Å². The molecule has 0 radical (unpaired) electrons. The van der Waals surface area contributed by atoms with Crippen LogP contribution in [0.3, 0.4) is 0 Å². The second-order valence-electron chi connectivity index (χ2n) is 7.85. The first-order chi connectivity index (χ1) is 15.7. The molecule has 8 heteroatoms. The Balaban J connectivity index is 1.83. The average molecular weight is 468 g/mol. The van der Waals surface area contributed by atoms with Gasteiger partial charge in [0.15, 0.2) is 0 Å². The minimum atomic E-state index is -3.90. The largest absolute Gasteiger partial charge is 0.355 e. The maximum atomic E-state index is 13.2. The summed E-state index contributed by atoms with van der Waals surface area (Å²) >= 11 is 0. The molecule has 0 saturated carbocycles. The van der Waals surface area contributed by atoms with Crippen LogP contribution in [0.4, 0.5) is 0 Å². The SMILES string of the molecule is CCNC(=O)[C@H](C)N(Cc1ccccc1)C(=O)CN(C)S(=O)(=O)c1ccc2ccccc2c1. The Morgan fingerprint density at radius 1 is 0.939 bits per heavy atom. The van der Waals surface area contributed by atoms with Gasteiger partial charge in [0.05, 0.1) is 11.4 Å². The Bertz CT molecular complexity index is 1230. The molecule has 3 aromatic rings. The molecule has 0 aliphatic carbocycles. The lowest BCUT2D eigenvalue weighted by atomic mass is 10.1. The molecule has 7 nitrogen and oxygen atoms in total. The molecule has 174 valence electrons. The Hall–Kier alpha value is -3.23. The molecular formula is C25H29N3O4S. The van der Waals surface area contributed by atoms with Crippen LogP contribution in [-0.4, -0.2) is 55.6 Å². The number of nitrogens with one attached hydrogen (secondary N) is 1. The van der Waals surface area contributed by atoms with Gasteiger partial charge < -0.3 is 10.2 Å². The number of rotatable bonds is 9. The quantitative estimate of drug-likeness (QED) is 0.524. The summed E-state index contributed by atoms with van der Waals surface area (Å²) in [7, 11) is -2.53. The van der Waals surface area contributed by atoms with Crippen LogP contribution in [0.25, 0.3) is 10.8 Å². The molecule has 2 amide bonds. The lowest BCUT2D eigenvalue weighted by Crippen LogP contribution is -2.50. The van der Waals surface area contributed by atoms with Crippen LogP contribution in [0.1, 0.15) is 19.4 Å². The number of sulfonamides is 1. The third kappa shape index (κ3) is 5.77. The number of benzene rings is 3. The highest BCUT2D eigenvalue weighted by Crippen LogP contribution is 2.21. The number of likely N-dealkylation sites (N-methyl/N-ethyl adjacent to an activating group) is 2. The van der Waals surface area contributed by atoms with Crippen molar-refractivity contribution >= 4 is 32.6 Å². The summed E-state index contributed by atoms with van der Waals surface area (Å²) < 4.78 is 27.4. The normalized spacial score (nSPS) is 12.5. The Kier molecular flexibility index (Phi) is 7.84. The maximum Gasteiger partial charge on any atom is 0.243 e. The minimum Gasteiger partial charge on any atom is -0.355 e. The van der Waals surface area contributed by atoms with E-state index in [1.54, 1.807) is 26.0 Å². The van der Waals surface area contributed by atoms with E-state index in [0.29, 0.717) is 6.54 Å². The zero-order chi connectivity index (χ0) is 24.0. The molecule has 0 spiro atoms. The molecule has 33 heavy (non-hydrogen) atoms. The van der Waals surface area contributed by atoms with Crippen LogP contribution in [0.5, 0.6) is 0 Å². The fourth-order valence-electron chi connectivity index (χ4n) is 3.56. The fraction of sp³-hybridized carbons (Fsp3) is 0.280. The first-order valence-electron chi connectivity index (χ1n) is 10.8. The highest BCUT2D eigenvalue weighted by Gasteiger charge is 2.30. The van der Waals surface area contributed by atoms with E-state index < -0.39 is 22.0 Å². The van der Waals surface area contributed by atoms with Gasteiger partial charge in [-0.1, -0.05) is 60.7 Å². The zero-order valence-electron chi connectivity index (χ0n) is 19.1. The van der Waals surface area contributed by atoms with Gasteiger partial charge in [-0.15, -0.1) is 0 Å². The van der Waals surface area contributed by atoms with Crippen molar-refractivity contribution in [2.45, 2.75) is 31.3 Å². The smallest absolute Gasteiger partial charge is 0.243 e. The van der Waals surface area contributed by atoms with E-state index in [-0.39, 0.29) is 23.9 Å². The van der Waals surface area contributed by atoms with Gasteiger partial charge in [0, 0.05) is 20.1 Å². The van der Waals surface area contributed by atoms with E-state index in [1.807, 2.05) is 54.6 Å². The van der Waals surface area contributed by atoms with E-state index in [4.69, 9.17) is 0 Å². The second kappa shape index (κ2) is 10.6. The maximum absolute atomic E-state index is 13.2. The summed E-state index contributed by atoms with van der Waals surface area (Å²) in [6.45, 7) is 3.70. The highest BCUT2D eigenvalue weighted by atomic mass is 32.2. The number of amides is 2. The summed E-state index contributed by atoms with van der Waals surface area (Å²) in [5.41, 5.74) is 0.849. The van der Waals surface area contributed by atoms with Crippen LogP contribution in [0.2, 0.25) is 0 Å². The summed E-state index contributed by atoms with van der Waals surface area (Å²) in [5.74, 6) is -0.744. The van der Waals surface area contributed by atoms with Gasteiger partial charge in [0.2, 0.25) is 21.8 Å². The topological polar surface area (TPSA) is 86.8 Å². The lowest BCUT2D eigenvalue weighted by molar-refractivity contribution is -0.140. The molecule has 0 bridgehead atoms. The van der Waals surface area contributed by atoms with Gasteiger partial charge >= 0.3 is 0 Å². The third-order valence-electron chi connectivity index (χ3n) is 5.50. The first kappa shape index (κ1) is 24.4. The lowest BCUT2D eigenvalue weighted by Gasteiger charge is -2.30. The van der Waals surface area contributed by atoms with Crippen molar-refractivity contribution in [2.75, 3.05) is 20.1 Å². The Morgan fingerprint density at radius 2 is 1.58 bits per heavy atom. The fourth-order valence-corrected chi connectivity index (χ4v) is 4.71. The number of hydrogen-bond donors (Lipinski definition) is 1. The molecule has 1 atom stereocenters. The number of carbonyl (C=O) groups excluding carboxylic acids is 2. The molecule has 0 unspecified atom stereocenters. The summed E-state index contributed by atoms with van der Waals surface area (Å²) in [4.78, 5) is 27.2. The van der Waals surface area contributed by atoms with Gasteiger partial charge in [0.1, 0.15) is 6.04 Å². The molecule has 3 rings (SSSR count). The standard InChI is InChI=1S/C25H29N3O4S/c1-4-26-25(30)19(2)28(17-20-10-6-5-7-11-20)24(29)18-27(3)33(31,32)23-15-14-21-12-8-9-13-22(21)16-23/h5-16,19H,4,17-18H2,1-3H3,(H,26,30)/t19-/m0/s1. The molecular weight excluding hydrogens is 438 g/mol. The Morgan fingerprint density at radius 3 is 2.24 bits per heavy atom. The van der Waals surface area contributed by atoms with Gasteiger partial charge in [0.25, 0.3) is 0 Å². The number of carbonyl (C=O) groups is 2. The van der Waals surface area contributed by atoms with Crippen LogP contribution in [-0.2, 0) is 26.2 Å². The van der Waals surface area contributed by atoms with Crippen molar-refractivity contribution in [3.05, 3.63) is 78.4 Å². The van der Waals surface area contributed by atoms with Gasteiger partial charge in [-0.05, 0) is 42.3 Å². The van der Waals surface area contributed by atoms with Crippen LogP contribution >= 0.6 is 0 Å². The van der Waals surface area contributed by atoms with Crippen molar-refractivity contribution in [1.29, 1.82) is 0 Å². The van der Waals surface area contributed by atoms with Crippen molar-refractivity contribution in [1.82, 2.24) is 14.5 Å². The summed E-state index contributed by atoms with van der Waals surface area (Å²) in [6.07, 6.45) is 0. The summed E-state index contributed by atoms with van der Waals surface area (Å²) in [6, 6.07) is 20.9. The number of fused-ring (bicyclic) bond motifs is 1. The Labute approximate surface area is 195 Å². The van der Waals surface area contributed by atoms with Crippen LogP contribution in [0.15, 0.2) is 77.7 Å². The van der Waals surface area contributed by atoms with Gasteiger partial charge in [-0.3, -0.25) is 9.59 Å². The second-order valence-corrected chi connectivity index (χ2v) is 9.89. The zero-order valence-corrected chi connectivity index (χ0v) is 19.9. The molecule has 0 saturated heterocycles. The van der Waals surface area contributed by atoms with Crippen molar-refractivity contribution in [2.24, 2.45) is 0 Å². The predicted molar refractivity (Wildman–Crippen MR) is 129 cm³/mol. The number of hydrogen-bond acceptors (Lipinski definition) is 4. The minimum absolute atomic E-state index is 0.114. The monoisotopic (exact) mass is 467 g/mol. The van der Waals surface area contributed by atoms with Crippen molar-refractivity contribution < 1.29 is 18.0 Å². The van der Waals surface area contributed by atoms with Crippen molar-refractivity contribution in [3.63, 3.8) is 0 Å². The molecule has 0 aliphatic heterocycles. The summed E-state index contributed by atoms with van der Waals surface area (Å²) in [5, 5.41) is 4.46. The van der Waals surface area contributed by atoms with E-state index >= 15 is 0 Å². The first-order valence-corrected chi connectivity index (χ1v) is 12.2. The average Bonchev–Trinajstić information content (AvgIpc) is 2.82. The highest BCUT2D eigenvalue weighted by molar-refractivity contribution is 7.89. The van der Waals surface area contributed by atoms with Crippen molar-refractivity contribution in [3.8, 4) is 0 Å². The molecule has 1 N–H and O–H groups in total. The molecule has 0 aromatic heterocycles. The van der Waals surface area contributed by atoms with Crippen LogP contribution in [0, 0.1) is 0 Å². The molecule has 3 aromatic carbocycles. The van der Waals surface area contributed by atoms with E-state index in [1.165, 1.54) is 18.0 Å². The predicted octanol–water partition coefficient (Wildman–Crippen LogP) is 3.01. The number of nitrogens with zero attached hydrogens (tertiary/aromatic N) is 2. The molecule has 0 heterocycles. The van der Waals surface area contributed by atoms with E-state index in [0.717, 1.165) is 20.6 Å². The van der Waals surface area contributed by atoms with Gasteiger partial charge in [-0.25, -0.2) is 8.42 Å². The van der Waals surface area contributed by atoms with Gasteiger partial charge in [-0.2, -0.15) is 4.31 Å². The molecule has 0 aliphatic rings. The molecule has 0 fully saturated rings. The van der Waals surface area contributed by atoms with E-state index in [2.05, 4.69) is 5.32 Å².